The minimum absolute atomic E-state index is 0.0138. The summed E-state index contributed by atoms with van der Waals surface area (Å²) in [5, 5.41) is 18.6. The van der Waals surface area contributed by atoms with E-state index in [9.17, 15) is 14.7 Å². The molecule has 1 N–H and O–H groups in total. The fraction of sp³-hybridized carbons (Fsp3) is 0.185. The molecular weight excluding hydrogens is 444 g/mol. The van der Waals surface area contributed by atoms with Gasteiger partial charge in [0.05, 0.1) is 25.4 Å². The molecule has 8 heteroatoms. The first-order valence-electron chi connectivity index (χ1n) is 11.3. The number of aromatic nitrogens is 3. The van der Waals surface area contributed by atoms with E-state index in [-0.39, 0.29) is 6.42 Å². The Morgan fingerprint density at radius 3 is 2.17 bits per heavy atom. The number of methoxy groups -OCH3 is 1. The van der Waals surface area contributed by atoms with Gasteiger partial charge >= 0.3 is 12.1 Å². The van der Waals surface area contributed by atoms with Gasteiger partial charge in [-0.25, -0.2) is 14.3 Å². The van der Waals surface area contributed by atoms with Crippen LogP contribution in [0.25, 0.3) is 11.1 Å². The van der Waals surface area contributed by atoms with Crippen LogP contribution in [0.1, 0.15) is 28.4 Å². The Morgan fingerprint density at radius 1 is 0.971 bits per heavy atom. The van der Waals surface area contributed by atoms with Gasteiger partial charge in [-0.3, -0.25) is 4.90 Å². The van der Waals surface area contributed by atoms with Crippen molar-refractivity contribution in [1.82, 2.24) is 19.9 Å². The molecule has 3 aromatic carbocycles. The summed E-state index contributed by atoms with van der Waals surface area (Å²) in [6.45, 7) is 0.510. The SMILES string of the molecule is COC(=O)N(C1c2ccccc2-c2ccccc21)[C@@H](Cc1cn(Cc2ccccc2)nn1)C(=O)O. The van der Waals surface area contributed by atoms with Gasteiger partial charge in [0.15, 0.2) is 0 Å². The van der Waals surface area contributed by atoms with Crippen LogP contribution >= 0.6 is 0 Å². The lowest BCUT2D eigenvalue weighted by atomic mass is 10.00. The molecule has 1 aromatic heterocycles. The van der Waals surface area contributed by atoms with Crippen LogP contribution in [-0.2, 0) is 22.5 Å². The first-order chi connectivity index (χ1) is 17.1. The van der Waals surface area contributed by atoms with Gasteiger partial charge in [-0.2, -0.15) is 0 Å². The summed E-state index contributed by atoms with van der Waals surface area (Å²) in [4.78, 5) is 26.9. The van der Waals surface area contributed by atoms with Crippen LogP contribution in [0.2, 0.25) is 0 Å². The average Bonchev–Trinajstić information content (AvgIpc) is 3.46. The molecule has 1 amide bonds. The molecule has 0 saturated heterocycles. The topological polar surface area (TPSA) is 97.5 Å². The number of ether oxygens (including phenoxy) is 1. The van der Waals surface area contributed by atoms with Crippen molar-refractivity contribution < 1.29 is 19.4 Å². The number of fused-ring (bicyclic) bond motifs is 3. The molecule has 0 spiro atoms. The normalized spacial score (nSPS) is 13.1. The number of carbonyl (C=O) groups excluding carboxylic acids is 1. The van der Waals surface area contributed by atoms with Crippen LogP contribution in [0.15, 0.2) is 85.1 Å². The maximum Gasteiger partial charge on any atom is 0.411 e. The summed E-state index contributed by atoms with van der Waals surface area (Å²) in [5.74, 6) is -1.14. The number of carboxylic acid groups (broad SMARTS) is 1. The predicted molar refractivity (Wildman–Crippen MR) is 129 cm³/mol. The minimum Gasteiger partial charge on any atom is -0.480 e. The largest absolute Gasteiger partial charge is 0.480 e. The lowest BCUT2D eigenvalue weighted by molar-refractivity contribution is -0.143. The van der Waals surface area contributed by atoms with Crippen molar-refractivity contribution in [3.63, 3.8) is 0 Å². The molecule has 5 rings (SSSR count). The van der Waals surface area contributed by atoms with E-state index in [1.165, 1.54) is 12.0 Å². The Hall–Kier alpha value is -4.46. The summed E-state index contributed by atoms with van der Waals surface area (Å²) in [6, 6.07) is 23.4. The standard InChI is InChI=1S/C27H24N4O4/c1-35-27(34)31(25-22-13-7-5-11-20(22)21-12-6-8-14-23(21)25)24(26(32)33)15-19-17-30(29-28-19)16-18-9-3-2-4-10-18/h2-14,17,24-25H,15-16H2,1H3,(H,32,33)/t24-/m0/s1. The second-order valence-electron chi connectivity index (χ2n) is 8.41. The third kappa shape index (κ3) is 4.26. The molecule has 1 aliphatic rings. The molecular formula is C27H24N4O4. The Balaban J connectivity index is 1.50. The van der Waals surface area contributed by atoms with Gasteiger partial charge in [0.1, 0.15) is 6.04 Å². The highest BCUT2D eigenvalue weighted by Crippen LogP contribution is 2.47. The van der Waals surface area contributed by atoms with Gasteiger partial charge in [0.25, 0.3) is 0 Å². The average molecular weight is 469 g/mol. The second-order valence-corrected chi connectivity index (χ2v) is 8.41. The maximum atomic E-state index is 13.1. The maximum absolute atomic E-state index is 13.1. The van der Waals surface area contributed by atoms with Crippen LogP contribution in [0, 0.1) is 0 Å². The third-order valence-electron chi connectivity index (χ3n) is 6.26. The van der Waals surface area contributed by atoms with Gasteiger partial charge in [0.2, 0.25) is 0 Å². The van der Waals surface area contributed by atoms with E-state index in [2.05, 4.69) is 10.3 Å². The number of hydrogen-bond acceptors (Lipinski definition) is 5. The number of carbonyl (C=O) groups is 2. The van der Waals surface area contributed by atoms with Gasteiger partial charge < -0.3 is 9.84 Å². The highest BCUT2D eigenvalue weighted by Gasteiger charge is 2.42. The Morgan fingerprint density at radius 2 is 1.57 bits per heavy atom. The van der Waals surface area contributed by atoms with E-state index in [0.717, 1.165) is 27.8 Å². The third-order valence-corrected chi connectivity index (χ3v) is 6.26. The minimum atomic E-state index is -1.21. The van der Waals surface area contributed by atoms with Gasteiger partial charge in [0, 0.05) is 12.6 Å². The number of carboxylic acids is 1. The van der Waals surface area contributed by atoms with Crippen molar-refractivity contribution in [3.8, 4) is 11.1 Å². The zero-order valence-electron chi connectivity index (χ0n) is 19.1. The van der Waals surface area contributed by atoms with Gasteiger partial charge in [-0.15, -0.1) is 5.10 Å². The van der Waals surface area contributed by atoms with Crippen molar-refractivity contribution in [2.75, 3.05) is 7.11 Å². The first-order valence-corrected chi connectivity index (χ1v) is 11.3. The second kappa shape index (κ2) is 9.42. The number of benzene rings is 3. The monoisotopic (exact) mass is 468 g/mol. The molecule has 8 nitrogen and oxygen atoms in total. The van der Waals surface area contributed by atoms with Crippen LogP contribution in [0.5, 0.6) is 0 Å². The predicted octanol–water partition coefficient (Wildman–Crippen LogP) is 4.16. The summed E-state index contributed by atoms with van der Waals surface area (Å²) < 4.78 is 6.75. The number of amides is 1. The van der Waals surface area contributed by atoms with Crippen molar-refractivity contribution >= 4 is 12.1 Å². The summed E-state index contributed by atoms with van der Waals surface area (Å²) in [7, 11) is 1.26. The molecule has 35 heavy (non-hydrogen) atoms. The molecule has 4 aromatic rings. The highest BCUT2D eigenvalue weighted by atomic mass is 16.5. The number of hydrogen-bond donors (Lipinski definition) is 1. The van der Waals surface area contributed by atoms with E-state index >= 15 is 0 Å². The van der Waals surface area contributed by atoms with Crippen molar-refractivity contribution in [2.24, 2.45) is 0 Å². The number of aliphatic carboxylic acids is 1. The van der Waals surface area contributed by atoms with Crippen molar-refractivity contribution in [2.45, 2.75) is 25.0 Å². The van der Waals surface area contributed by atoms with E-state index in [0.29, 0.717) is 12.2 Å². The molecule has 0 radical (unpaired) electrons. The molecule has 1 atom stereocenters. The molecule has 0 fully saturated rings. The zero-order valence-corrected chi connectivity index (χ0v) is 19.1. The van der Waals surface area contributed by atoms with Crippen molar-refractivity contribution in [1.29, 1.82) is 0 Å². The Bertz CT molecular complexity index is 1320. The lowest BCUT2D eigenvalue weighted by Gasteiger charge is -2.33. The first kappa shape index (κ1) is 22.3. The lowest BCUT2D eigenvalue weighted by Crippen LogP contribution is -2.48. The van der Waals surface area contributed by atoms with E-state index < -0.39 is 24.1 Å². The number of nitrogens with zero attached hydrogens (tertiary/aromatic N) is 4. The van der Waals surface area contributed by atoms with E-state index in [1.807, 2.05) is 78.9 Å². The fourth-order valence-corrected chi connectivity index (χ4v) is 4.73. The summed E-state index contributed by atoms with van der Waals surface area (Å²) in [6.07, 6.45) is 0.986. The van der Waals surface area contributed by atoms with Crippen molar-refractivity contribution in [3.05, 3.63) is 107 Å². The quantitative estimate of drug-likeness (QED) is 0.437. The number of rotatable bonds is 7. The van der Waals surface area contributed by atoms with Crippen LogP contribution in [0.3, 0.4) is 0 Å². The van der Waals surface area contributed by atoms with E-state index in [4.69, 9.17) is 4.74 Å². The van der Waals surface area contributed by atoms with Gasteiger partial charge in [-0.1, -0.05) is 84.1 Å². The van der Waals surface area contributed by atoms with Crippen LogP contribution in [0.4, 0.5) is 4.79 Å². The molecule has 0 aliphatic heterocycles. The smallest absolute Gasteiger partial charge is 0.411 e. The zero-order chi connectivity index (χ0) is 24.4. The molecule has 176 valence electrons. The molecule has 1 aliphatic carbocycles. The van der Waals surface area contributed by atoms with Crippen LogP contribution in [-0.4, -0.2) is 50.2 Å². The molecule has 0 unspecified atom stereocenters. The molecule has 0 saturated carbocycles. The van der Waals surface area contributed by atoms with E-state index in [1.54, 1.807) is 10.9 Å². The molecule has 0 bridgehead atoms. The van der Waals surface area contributed by atoms with Crippen LogP contribution < -0.4 is 0 Å². The molecule has 1 heterocycles. The Kier molecular flexibility index (Phi) is 6.01. The summed E-state index contributed by atoms with van der Waals surface area (Å²) in [5.41, 5.74) is 5.19. The Labute approximate surface area is 202 Å². The van der Waals surface area contributed by atoms with Gasteiger partial charge in [-0.05, 0) is 27.8 Å². The summed E-state index contributed by atoms with van der Waals surface area (Å²) >= 11 is 0. The fourth-order valence-electron chi connectivity index (χ4n) is 4.73. The highest BCUT2D eigenvalue weighted by molar-refractivity contribution is 5.85.